The van der Waals surface area contributed by atoms with Crippen molar-refractivity contribution >= 4 is 5.91 Å². The van der Waals surface area contributed by atoms with Gasteiger partial charge in [-0.2, -0.15) is 0 Å². The van der Waals surface area contributed by atoms with Gasteiger partial charge in [-0.1, -0.05) is 273 Å². The maximum atomic E-state index is 12.5. The molecule has 0 aromatic carbocycles. The van der Waals surface area contributed by atoms with E-state index in [1.807, 2.05) is 6.08 Å². The minimum absolute atomic E-state index is 0.0729. The number of allylic oxidation sites excluding steroid dienone is 11. The van der Waals surface area contributed by atoms with Gasteiger partial charge < -0.3 is 15.5 Å². The fourth-order valence-electron chi connectivity index (χ4n) is 8.25. The Balaban J connectivity index is 3.53. The number of nitrogens with one attached hydrogen (secondary N) is 1. The van der Waals surface area contributed by atoms with Gasteiger partial charge in [-0.25, -0.2) is 0 Å². The molecule has 0 fully saturated rings. The van der Waals surface area contributed by atoms with Gasteiger partial charge >= 0.3 is 0 Å². The molecular weight excluding hydrogens is 771 g/mol. The molecule has 63 heavy (non-hydrogen) atoms. The van der Waals surface area contributed by atoms with E-state index < -0.39 is 12.1 Å². The Kier molecular flexibility index (Phi) is 52.3. The van der Waals surface area contributed by atoms with Crippen LogP contribution < -0.4 is 5.32 Å². The second-order valence-electron chi connectivity index (χ2n) is 18.6. The first-order valence-corrected chi connectivity index (χ1v) is 27.7. The molecule has 0 spiro atoms. The predicted molar refractivity (Wildman–Crippen MR) is 281 cm³/mol. The molecule has 4 heteroatoms. The Labute approximate surface area is 393 Å². The van der Waals surface area contributed by atoms with Crippen molar-refractivity contribution < 1.29 is 15.0 Å². The van der Waals surface area contributed by atoms with E-state index >= 15 is 0 Å². The lowest BCUT2D eigenvalue weighted by molar-refractivity contribution is -0.123. The molecule has 0 aliphatic carbocycles. The smallest absolute Gasteiger partial charge is 0.220 e. The first kappa shape index (κ1) is 60.8. The molecule has 1 amide bonds. The van der Waals surface area contributed by atoms with Crippen LogP contribution in [0.4, 0.5) is 0 Å². The van der Waals surface area contributed by atoms with Crippen molar-refractivity contribution in [2.45, 2.75) is 289 Å². The number of aliphatic hydroxyl groups is 2. The number of rotatable bonds is 50. The lowest BCUT2D eigenvalue weighted by atomic mass is 10.0. The van der Waals surface area contributed by atoms with Crippen LogP contribution in [0.1, 0.15) is 277 Å². The van der Waals surface area contributed by atoms with Gasteiger partial charge in [-0.15, -0.1) is 0 Å². The highest BCUT2D eigenvalue weighted by atomic mass is 16.3. The molecule has 0 saturated heterocycles. The van der Waals surface area contributed by atoms with Crippen LogP contribution in [-0.4, -0.2) is 34.9 Å². The lowest BCUT2D eigenvalue weighted by Gasteiger charge is -2.19. The van der Waals surface area contributed by atoms with Crippen molar-refractivity contribution in [3.8, 4) is 0 Å². The number of amides is 1. The topological polar surface area (TPSA) is 69.6 Å². The summed E-state index contributed by atoms with van der Waals surface area (Å²) in [5, 5.41) is 23.1. The third-order valence-corrected chi connectivity index (χ3v) is 12.4. The van der Waals surface area contributed by atoms with Crippen LogP contribution >= 0.6 is 0 Å². The van der Waals surface area contributed by atoms with Crippen LogP contribution in [0.5, 0.6) is 0 Å². The lowest BCUT2D eigenvalue weighted by Crippen LogP contribution is -2.45. The molecule has 0 saturated carbocycles. The van der Waals surface area contributed by atoms with Gasteiger partial charge in [-0.3, -0.25) is 4.79 Å². The van der Waals surface area contributed by atoms with E-state index in [4.69, 9.17) is 0 Å². The van der Waals surface area contributed by atoms with Crippen LogP contribution in [0.2, 0.25) is 0 Å². The summed E-state index contributed by atoms with van der Waals surface area (Å²) in [7, 11) is 0. The van der Waals surface area contributed by atoms with Crippen LogP contribution in [0.25, 0.3) is 0 Å². The zero-order valence-corrected chi connectivity index (χ0v) is 42.1. The van der Waals surface area contributed by atoms with Crippen molar-refractivity contribution in [1.82, 2.24) is 5.32 Å². The maximum Gasteiger partial charge on any atom is 0.220 e. The van der Waals surface area contributed by atoms with Gasteiger partial charge in [0.2, 0.25) is 5.91 Å². The highest BCUT2D eigenvalue weighted by Crippen LogP contribution is 2.16. The average Bonchev–Trinajstić information content (AvgIpc) is 3.29. The van der Waals surface area contributed by atoms with Gasteiger partial charge in [0.15, 0.2) is 0 Å². The van der Waals surface area contributed by atoms with E-state index in [9.17, 15) is 15.0 Å². The molecule has 0 radical (unpaired) electrons. The van der Waals surface area contributed by atoms with E-state index in [1.54, 1.807) is 6.08 Å². The molecular formula is C59H107NO3. The van der Waals surface area contributed by atoms with Crippen molar-refractivity contribution in [2.75, 3.05) is 6.61 Å². The quantitative estimate of drug-likeness (QED) is 0.0421. The van der Waals surface area contributed by atoms with Crippen LogP contribution in [0.3, 0.4) is 0 Å². The van der Waals surface area contributed by atoms with Crippen LogP contribution in [0.15, 0.2) is 72.9 Å². The Morgan fingerprint density at radius 2 is 0.714 bits per heavy atom. The molecule has 0 aromatic heterocycles. The summed E-state index contributed by atoms with van der Waals surface area (Å²) in [6.45, 7) is 4.20. The van der Waals surface area contributed by atoms with Crippen molar-refractivity contribution in [2.24, 2.45) is 0 Å². The van der Waals surface area contributed by atoms with Gasteiger partial charge in [0.1, 0.15) is 0 Å². The summed E-state index contributed by atoms with van der Waals surface area (Å²) in [6, 6.07) is -0.642. The third kappa shape index (κ3) is 50.7. The summed E-state index contributed by atoms with van der Waals surface area (Å²) in [5.74, 6) is -0.0729. The molecule has 2 atom stereocenters. The molecule has 0 aromatic rings. The number of aliphatic hydroxyl groups excluding tert-OH is 2. The van der Waals surface area contributed by atoms with Crippen LogP contribution in [0, 0.1) is 0 Å². The molecule has 4 nitrogen and oxygen atoms in total. The fraction of sp³-hybridized carbons (Fsp3) is 0.780. The molecule has 2 unspecified atom stereocenters. The summed E-state index contributed by atoms with van der Waals surface area (Å²) >= 11 is 0. The van der Waals surface area contributed by atoms with E-state index in [0.717, 1.165) is 57.8 Å². The second-order valence-corrected chi connectivity index (χ2v) is 18.6. The van der Waals surface area contributed by atoms with E-state index in [2.05, 4.69) is 79.9 Å². The Morgan fingerprint density at radius 3 is 1.11 bits per heavy atom. The molecule has 3 N–H and O–H groups in total. The van der Waals surface area contributed by atoms with Crippen molar-refractivity contribution in [3.63, 3.8) is 0 Å². The summed E-state index contributed by atoms with van der Waals surface area (Å²) in [4.78, 5) is 12.5. The van der Waals surface area contributed by atoms with E-state index in [-0.39, 0.29) is 12.5 Å². The van der Waals surface area contributed by atoms with Crippen molar-refractivity contribution in [3.05, 3.63) is 72.9 Å². The number of carbonyl (C=O) groups is 1. The first-order chi connectivity index (χ1) is 31.2. The average molecular weight is 879 g/mol. The summed E-state index contributed by atoms with van der Waals surface area (Å²) in [6.07, 6.45) is 77.7. The second kappa shape index (κ2) is 54.2. The molecule has 0 aliphatic rings. The number of hydrogen-bond acceptors (Lipinski definition) is 3. The SMILES string of the molecule is CC/C=C\C/C=C\C/C=C\C/C=C\CCCCCCCCCCCCCCCCCCC(=O)NC(CO)C(O)/C=C/CC/C=C/CCCCCCCCCCCCCCCCCC. The Bertz CT molecular complexity index is 1090. The Morgan fingerprint density at radius 1 is 0.397 bits per heavy atom. The summed E-state index contributed by atoms with van der Waals surface area (Å²) in [5.41, 5.74) is 0. The zero-order valence-electron chi connectivity index (χ0n) is 42.1. The van der Waals surface area contributed by atoms with Gasteiger partial charge in [0.25, 0.3) is 0 Å². The largest absolute Gasteiger partial charge is 0.394 e. The number of unbranched alkanes of at least 4 members (excludes halogenated alkanes) is 33. The van der Waals surface area contributed by atoms with Crippen LogP contribution in [-0.2, 0) is 4.79 Å². The molecule has 0 heterocycles. The molecule has 0 rings (SSSR count). The predicted octanol–water partition coefficient (Wildman–Crippen LogP) is 18.2. The zero-order chi connectivity index (χ0) is 45.6. The normalized spacial score (nSPS) is 13.4. The maximum absolute atomic E-state index is 12.5. The monoisotopic (exact) mass is 878 g/mol. The standard InChI is InChI=1S/C59H107NO3/c1-3-5-7-9-11-13-15-17-19-21-23-25-27-28-29-30-31-32-33-35-37-39-41-43-45-47-49-51-53-55-59(63)60-57(56-61)58(62)54-52-50-48-46-44-42-40-38-36-34-26-24-22-20-18-16-14-12-10-8-6-4-2/h5,7,11,13,17,19,23,25,44,46,52,54,57-58,61-62H,3-4,6,8-10,12,14-16,18,20-22,24,26-43,45,47-51,53,55-56H2,1-2H3,(H,60,63)/b7-5-,13-11-,19-17-,25-23-,46-44+,54-52+. The van der Waals surface area contributed by atoms with Gasteiger partial charge in [0, 0.05) is 6.42 Å². The highest BCUT2D eigenvalue weighted by molar-refractivity contribution is 5.76. The Hall–Kier alpha value is -2.17. The minimum atomic E-state index is -0.865. The minimum Gasteiger partial charge on any atom is -0.394 e. The molecule has 366 valence electrons. The highest BCUT2D eigenvalue weighted by Gasteiger charge is 2.18. The number of carbonyl (C=O) groups excluding carboxylic acids is 1. The first-order valence-electron chi connectivity index (χ1n) is 27.7. The molecule has 0 bridgehead atoms. The third-order valence-electron chi connectivity index (χ3n) is 12.4. The van der Waals surface area contributed by atoms with Gasteiger partial charge in [0.05, 0.1) is 18.8 Å². The molecule has 0 aliphatic heterocycles. The van der Waals surface area contributed by atoms with E-state index in [1.165, 1.54) is 199 Å². The van der Waals surface area contributed by atoms with Gasteiger partial charge in [-0.05, 0) is 70.6 Å². The van der Waals surface area contributed by atoms with E-state index in [0.29, 0.717) is 6.42 Å². The van der Waals surface area contributed by atoms with Crippen molar-refractivity contribution in [1.29, 1.82) is 0 Å². The fourth-order valence-corrected chi connectivity index (χ4v) is 8.25. The number of hydrogen-bond donors (Lipinski definition) is 3. The summed E-state index contributed by atoms with van der Waals surface area (Å²) < 4.78 is 0.